The van der Waals surface area contributed by atoms with E-state index in [1.807, 2.05) is 0 Å². The summed E-state index contributed by atoms with van der Waals surface area (Å²) in [6.45, 7) is 0. The molecule has 0 saturated carbocycles. The van der Waals surface area contributed by atoms with Crippen LogP contribution in [0.4, 0.5) is 0 Å². The van der Waals surface area contributed by atoms with Crippen molar-refractivity contribution < 1.29 is 29.7 Å². The van der Waals surface area contributed by atoms with Crippen LogP contribution in [0.1, 0.15) is 6.42 Å². The van der Waals surface area contributed by atoms with Gasteiger partial charge in [0, 0.05) is 0 Å². The summed E-state index contributed by atoms with van der Waals surface area (Å²) in [5.41, 5.74) is -2.15. The second kappa shape index (κ2) is 3.56. The van der Waals surface area contributed by atoms with E-state index in [2.05, 4.69) is 0 Å². The van der Waals surface area contributed by atoms with Crippen molar-refractivity contribution in [3.05, 3.63) is 23.8 Å². The molecule has 0 aromatic heterocycles. The van der Waals surface area contributed by atoms with Gasteiger partial charge < -0.3 is 15.3 Å². The molecular formula is C9H8O6. The maximum absolute atomic E-state index is 10.8. The van der Waals surface area contributed by atoms with Crippen LogP contribution >= 0.6 is 0 Å². The molecule has 0 saturated heterocycles. The Balaban J connectivity index is 3.05. The second-order valence-corrected chi connectivity index (χ2v) is 3.08. The molecule has 6 nitrogen and oxygen atoms in total. The molecule has 0 heterocycles. The number of carboxylic acid groups (broad SMARTS) is 3. The summed E-state index contributed by atoms with van der Waals surface area (Å²) < 4.78 is 0. The Bertz CT molecular complexity index is 375. The van der Waals surface area contributed by atoms with Crippen LogP contribution in [-0.2, 0) is 14.4 Å². The SMILES string of the molecule is O=C(O)C1=CCC(C(=O)O)(C(=O)O)C=C1. The average molecular weight is 212 g/mol. The van der Waals surface area contributed by atoms with E-state index in [1.54, 1.807) is 0 Å². The minimum absolute atomic E-state index is 0.104. The average Bonchev–Trinajstić information content (AvgIpc) is 2.17. The number of aliphatic carboxylic acids is 3. The van der Waals surface area contributed by atoms with Crippen LogP contribution in [0, 0.1) is 5.41 Å². The Labute approximate surface area is 84.1 Å². The normalized spacial score (nSPS) is 18.0. The molecule has 15 heavy (non-hydrogen) atoms. The smallest absolute Gasteiger partial charge is 0.335 e. The predicted molar refractivity (Wildman–Crippen MR) is 47.2 cm³/mol. The number of carbonyl (C=O) groups is 3. The molecule has 1 aliphatic rings. The van der Waals surface area contributed by atoms with Crippen LogP contribution < -0.4 is 0 Å². The van der Waals surface area contributed by atoms with Gasteiger partial charge in [0.15, 0.2) is 5.41 Å². The van der Waals surface area contributed by atoms with Crippen LogP contribution in [0.15, 0.2) is 23.8 Å². The number of carboxylic acids is 3. The van der Waals surface area contributed by atoms with Gasteiger partial charge in [-0.3, -0.25) is 9.59 Å². The third kappa shape index (κ3) is 1.74. The highest BCUT2D eigenvalue weighted by Gasteiger charge is 2.44. The molecule has 0 aromatic carbocycles. The van der Waals surface area contributed by atoms with Gasteiger partial charge >= 0.3 is 17.9 Å². The molecule has 3 N–H and O–H groups in total. The summed E-state index contributed by atoms with van der Waals surface area (Å²) >= 11 is 0. The van der Waals surface area contributed by atoms with Crippen molar-refractivity contribution in [3.63, 3.8) is 0 Å². The Hall–Kier alpha value is -2.11. The zero-order valence-corrected chi connectivity index (χ0v) is 7.51. The first kappa shape index (κ1) is 11.0. The molecule has 0 aliphatic heterocycles. The van der Waals surface area contributed by atoms with Gasteiger partial charge in [-0.2, -0.15) is 0 Å². The molecule has 0 bridgehead atoms. The first-order valence-electron chi connectivity index (χ1n) is 3.99. The largest absolute Gasteiger partial charge is 0.480 e. The van der Waals surface area contributed by atoms with Gasteiger partial charge in [-0.25, -0.2) is 4.79 Å². The van der Waals surface area contributed by atoms with E-state index >= 15 is 0 Å². The van der Waals surface area contributed by atoms with Crippen molar-refractivity contribution in [2.75, 3.05) is 0 Å². The number of rotatable bonds is 3. The van der Waals surface area contributed by atoms with Crippen LogP contribution in [0.5, 0.6) is 0 Å². The van der Waals surface area contributed by atoms with Gasteiger partial charge in [-0.15, -0.1) is 0 Å². The maximum atomic E-state index is 10.8. The molecule has 0 radical (unpaired) electrons. The molecule has 0 unspecified atom stereocenters. The summed E-state index contributed by atoms with van der Waals surface area (Å²) in [5, 5.41) is 26.1. The molecule has 80 valence electrons. The van der Waals surface area contributed by atoms with Crippen LogP contribution in [-0.4, -0.2) is 33.2 Å². The van der Waals surface area contributed by atoms with Crippen LogP contribution in [0.25, 0.3) is 0 Å². The molecule has 0 amide bonds. The van der Waals surface area contributed by atoms with Crippen molar-refractivity contribution in [3.8, 4) is 0 Å². The minimum atomic E-state index is -2.04. The zero-order chi connectivity index (χ0) is 11.6. The lowest BCUT2D eigenvalue weighted by atomic mass is 9.80. The fraction of sp³-hybridized carbons (Fsp3) is 0.222. The fourth-order valence-corrected chi connectivity index (χ4v) is 1.21. The highest BCUT2D eigenvalue weighted by atomic mass is 16.4. The fourth-order valence-electron chi connectivity index (χ4n) is 1.21. The van der Waals surface area contributed by atoms with Gasteiger partial charge in [-0.1, -0.05) is 18.2 Å². The molecule has 6 heteroatoms. The van der Waals surface area contributed by atoms with Crippen molar-refractivity contribution in [2.24, 2.45) is 5.41 Å². The summed E-state index contributed by atoms with van der Waals surface area (Å²) in [6.07, 6.45) is 2.61. The minimum Gasteiger partial charge on any atom is -0.480 e. The Morgan fingerprint density at radius 2 is 1.67 bits per heavy atom. The molecule has 0 atom stereocenters. The standard InChI is InChI=1S/C9H8O6/c10-6(11)5-1-3-9(4-2-5,7(12)13)8(14)15/h1-3H,4H2,(H,10,11)(H,12,13)(H,14,15). The zero-order valence-electron chi connectivity index (χ0n) is 7.51. The highest BCUT2D eigenvalue weighted by molar-refractivity contribution is 6.02. The van der Waals surface area contributed by atoms with E-state index in [-0.39, 0.29) is 12.0 Å². The van der Waals surface area contributed by atoms with Gasteiger partial charge in [0.1, 0.15) is 0 Å². The molecule has 0 fully saturated rings. The van der Waals surface area contributed by atoms with Crippen molar-refractivity contribution in [1.29, 1.82) is 0 Å². The molecular weight excluding hydrogens is 204 g/mol. The highest BCUT2D eigenvalue weighted by Crippen LogP contribution is 2.30. The summed E-state index contributed by atoms with van der Waals surface area (Å²) in [5.74, 6) is -4.23. The lowest BCUT2D eigenvalue weighted by molar-refractivity contribution is -0.160. The monoisotopic (exact) mass is 212 g/mol. The quantitative estimate of drug-likeness (QED) is 0.572. The first-order valence-corrected chi connectivity index (χ1v) is 3.99. The van der Waals surface area contributed by atoms with Crippen molar-refractivity contribution >= 4 is 17.9 Å². The van der Waals surface area contributed by atoms with Crippen molar-refractivity contribution in [2.45, 2.75) is 6.42 Å². The third-order valence-corrected chi connectivity index (χ3v) is 2.20. The molecule has 1 rings (SSSR count). The van der Waals surface area contributed by atoms with E-state index in [1.165, 1.54) is 0 Å². The van der Waals surface area contributed by atoms with Gasteiger partial charge in [0.2, 0.25) is 0 Å². The predicted octanol–water partition coefficient (Wildman–Crippen LogP) is 0.113. The maximum Gasteiger partial charge on any atom is 0.335 e. The van der Waals surface area contributed by atoms with E-state index in [9.17, 15) is 14.4 Å². The number of allylic oxidation sites excluding steroid dienone is 1. The molecule has 0 spiro atoms. The Morgan fingerprint density at radius 1 is 1.13 bits per heavy atom. The van der Waals surface area contributed by atoms with Crippen LogP contribution in [0.3, 0.4) is 0 Å². The van der Waals surface area contributed by atoms with Gasteiger partial charge in [0.25, 0.3) is 0 Å². The van der Waals surface area contributed by atoms with E-state index in [4.69, 9.17) is 15.3 Å². The summed E-state index contributed by atoms with van der Waals surface area (Å²) in [4.78, 5) is 32.1. The lowest BCUT2D eigenvalue weighted by Crippen LogP contribution is -2.38. The van der Waals surface area contributed by atoms with E-state index < -0.39 is 23.3 Å². The van der Waals surface area contributed by atoms with Crippen molar-refractivity contribution in [1.82, 2.24) is 0 Å². The number of hydrogen-bond donors (Lipinski definition) is 3. The topological polar surface area (TPSA) is 112 Å². The number of hydrogen-bond acceptors (Lipinski definition) is 3. The van der Waals surface area contributed by atoms with Gasteiger partial charge in [0.05, 0.1) is 5.57 Å². The van der Waals surface area contributed by atoms with E-state index in [0.717, 1.165) is 18.2 Å². The van der Waals surface area contributed by atoms with Gasteiger partial charge in [-0.05, 0) is 6.42 Å². The molecule has 0 aromatic rings. The summed E-state index contributed by atoms with van der Waals surface area (Å²) in [6, 6.07) is 0. The second-order valence-electron chi connectivity index (χ2n) is 3.08. The third-order valence-electron chi connectivity index (χ3n) is 2.20. The van der Waals surface area contributed by atoms with E-state index in [0.29, 0.717) is 0 Å². The lowest BCUT2D eigenvalue weighted by Gasteiger charge is -2.22. The Kier molecular flexibility index (Phi) is 2.61. The summed E-state index contributed by atoms with van der Waals surface area (Å²) in [7, 11) is 0. The first-order chi connectivity index (χ1) is 6.90. The van der Waals surface area contributed by atoms with Crippen LogP contribution in [0.2, 0.25) is 0 Å². The molecule has 1 aliphatic carbocycles. The Morgan fingerprint density at radius 3 is 1.93 bits per heavy atom.